The van der Waals surface area contributed by atoms with E-state index in [1.807, 2.05) is 6.07 Å². The predicted molar refractivity (Wildman–Crippen MR) is 60.7 cm³/mol. The Labute approximate surface area is 96.3 Å². The fraction of sp³-hybridized carbons (Fsp3) is 0.111. The smallest absolute Gasteiger partial charge is 0.235 e. The molecule has 1 amide bonds. The molecule has 0 bridgehead atoms. The third-order valence-electron chi connectivity index (χ3n) is 1.86. The zero-order valence-corrected chi connectivity index (χ0v) is 9.28. The van der Waals surface area contributed by atoms with Crippen LogP contribution in [0.15, 0.2) is 24.5 Å². The van der Waals surface area contributed by atoms with E-state index in [1.54, 1.807) is 18.5 Å². The zero-order valence-electron chi connectivity index (χ0n) is 8.47. The van der Waals surface area contributed by atoms with Crippen LogP contribution in [0, 0.1) is 4.77 Å². The monoisotopic (exact) mass is 235 g/mol. The highest BCUT2D eigenvalue weighted by Gasteiger charge is 2.09. The van der Waals surface area contributed by atoms with Gasteiger partial charge in [0.1, 0.15) is 0 Å². The van der Waals surface area contributed by atoms with Gasteiger partial charge in [0, 0.05) is 24.9 Å². The lowest BCUT2D eigenvalue weighted by atomic mass is 10.3. The summed E-state index contributed by atoms with van der Waals surface area (Å²) in [4.78, 5) is 15.0. The second-order valence-corrected chi connectivity index (χ2v) is 3.48. The highest BCUT2D eigenvalue weighted by Crippen LogP contribution is 2.13. The maximum Gasteiger partial charge on any atom is 0.235 e. The molecule has 82 valence electrons. The van der Waals surface area contributed by atoms with Gasteiger partial charge in [-0.3, -0.25) is 15.2 Å². The molecule has 0 aliphatic rings. The molecule has 6 nitrogen and oxygen atoms in total. The molecule has 2 aromatic rings. The van der Waals surface area contributed by atoms with Gasteiger partial charge in [0.2, 0.25) is 10.7 Å². The van der Waals surface area contributed by atoms with Gasteiger partial charge in [-0.1, -0.05) is 0 Å². The summed E-state index contributed by atoms with van der Waals surface area (Å²) in [7, 11) is 0. The number of nitrogens with one attached hydrogen (secondary N) is 2. The Morgan fingerprint density at radius 2 is 2.44 bits per heavy atom. The maximum atomic E-state index is 11.0. The molecular formula is C9H9N5OS. The number of carbonyl (C=O) groups excluding carboxylic acids is 1. The van der Waals surface area contributed by atoms with E-state index in [4.69, 9.17) is 12.2 Å². The van der Waals surface area contributed by atoms with Crippen LogP contribution in [-0.4, -0.2) is 25.8 Å². The van der Waals surface area contributed by atoms with Crippen molar-refractivity contribution < 1.29 is 4.79 Å². The van der Waals surface area contributed by atoms with Crippen LogP contribution >= 0.6 is 12.2 Å². The van der Waals surface area contributed by atoms with Gasteiger partial charge >= 0.3 is 0 Å². The van der Waals surface area contributed by atoms with Crippen LogP contribution in [0.4, 0.5) is 0 Å². The van der Waals surface area contributed by atoms with Gasteiger partial charge in [0.25, 0.3) is 0 Å². The minimum Gasteiger partial charge on any atom is -0.274 e. The highest BCUT2D eigenvalue weighted by molar-refractivity contribution is 7.71. The summed E-state index contributed by atoms with van der Waals surface area (Å²) in [5.41, 5.74) is 3.34. The van der Waals surface area contributed by atoms with Crippen LogP contribution in [0.1, 0.15) is 6.92 Å². The molecule has 0 fully saturated rings. The summed E-state index contributed by atoms with van der Waals surface area (Å²) in [6.07, 6.45) is 3.30. The van der Waals surface area contributed by atoms with Crippen molar-refractivity contribution in [3.05, 3.63) is 29.3 Å². The minimum atomic E-state index is -0.220. The van der Waals surface area contributed by atoms with Gasteiger partial charge in [0.05, 0.1) is 0 Å². The summed E-state index contributed by atoms with van der Waals surface area (Å²) in [5.74, 6) is 0.302. The van der Waals surface area contributed by atoms with Crippen molar-refractivity contribution >= 4 is 18.1 Å². The fourth-order valence-electron chi connectivity index (χ4n) is 1.25. The number of H-pyrrole nitrogens is 1. The van der Waals surface area contributed by atoms with Crippen LogP contribution in [0.25, 0.3) is 11.4 Å². The largest absolute Gasteiger partial charge is 0.274 e. The molecule has 0 saturated heterocycles. The van der Waals surface area contributed by atoms with Crippen molar-refractivity contribution in [1.29, 1.82) is 0 Å². The number of rotatable bonds is 2. The second kappa shape index (κ2) is 4.23. The summed E-state index contributed by atoms with van der Waals surface area (Å²) in [6, 6.07) is 3.61. The van der Waals surface area contributed by atoms with Gasteiger partial charge in [-0.05, 0) is 24.4 Å². The Balaban J connectivity index is 2.50. The molecule has 2 N–H and O–H groups in total. The van der Waals surface area contributed by atoms with Crippen LogP contribution in [-0.2, 0) is 4.79 Å². The number of nitrogens with zero attached hydrogens (tertiary/aromatic N) is 3. The number of aromatic nitrogens is 4. The first-order chi connectivity index (χ1) is 7.68. The van der Waals surface area contributed by atoms with Crippen LogP contribution in [0.5, 0.6) is 0 Å². The lowest BCUT2D eigenvalue weighted by molar-refractivity contribution is -0.115. The van der Waals surface area contributed by atoms with Crippen LogP contribution in [0.2, 0.25) is 0 Å². The Morgan fingerprint density at radius 3 is 3.06 bits per heavy atom. The molecule has 0 spiro atoms. The molecule has 0 radical (unpaired) electrons. The number of amides is 1. The second-order valence-electron chi connectivity index (χ2n) is 3.10. The van der Waals surface area contributed by atoms with E-state index in [1.165, 1.54) is 11.6 Å². The molecule has 0 aliphatic heterocycles. The molecule has 0 atom stereocenters. The fourth-order valence-corrected chi connectivity index (χ4v) is 1.42. The van der Waals surface area contributed by atoms with Gasteiger partial charge < -0.3 is 0 Å². The topological polar surface area (TPSA) is 75.6 Å². The molecule has 7 heteroatoms. The van der Waals surface area contributed by atoms with Crippen molar-refractivity contribution in [3.8, 4) is 11.4 Å². The molecule has 0 aromatic carbocycles. The lowest BCUT2D eigenvalue weighted by Gasteiger charge is -2.05. The third kappa shape index (κ3) is 1.98. The molecular weight excluding hydrogens is 226 g/mol. The van der Waals surface area contributed by atoms with E-state index in [0.717, 1.165) is 5.56 Å². The average Bonchev–Trinajstić information content (AvgIpc) is 2.61. The summed E-state index contributed by atoms with van der Waals surface area (Å²) < 4.78 is 1.74. The number of hydrogen-bond donors (Lipinski definition) is 2. The first kappa shape index (κ1) is 10.5. The molecule has 0 aliphatic carbocycles. The predicted octanol–water partition coefficient (Wildman–Crippen LogP) is 1.09. The SMILES string of the molecule is CC(=O)Nn1c(-c2cccnc2)n[nH]c1=S. The van der Waals surface area contributed by atoms with Crippen molar-refractivity contribution in [2.45, 2.75) is 6.92 Å². The van der Waals surface area contributed by atoms with E-state index in [-0.39, 0.29) is 5.91 Å². The normalized spacial score (nSPS) is 10.1. The highest BCUT2D eigenvalue weighted by atomic mass is 32.1. The Bertz CT molecular complexity index is 559. The maximum absolute atomic E-state index is 11.0. The number of pyridine rings is 1. The lowest BCUT2D eigenvalue weighted by Crippen LogP contribution is -2.20. The summed E-state index contributed by atoms with van der Waals surface area (Å²) >= 11 is 5.00. The standard InChI is InChI=1S/C9H9N5OS/c1-6(15)13-14-8(11-12-9(14)16)7-3-2-4-10-5-7/h2-5H,1H3,(H,12,16)(H,13,15). The zero-order chi connectivity index (χ0) is 11.5. The summed E-state index contributed by atoms with van der Waals surface area (Å²) in [6.45, 7) is 1.40. The Morgan fingerprint density at radius 1 is 1.62 bits per heavy atom. The van der Waals surface area contributed by atoms with Crippen molar-refractivity contribution in [2.24, 2.45) is 0 Å². The van der Waals surface area contributed by atoms with E-state index < -0.39 is 0 Å². The van der Waals surface area contributed by atoms with E-state index >= 15 is 0 Å². The van der Waals surface area contributed by atoms with Gasteiger partial charge in [-0.2, -0.15) is 5.10 Å². The van der Waals surface area contributed by atoms with E-state index in [2.05, 4.69) is 20.6 Å². The molecule has 2 rings (SSSR count). The molecule has 0 unspecified atom stereocenters. The van der Waals surface area contributed by atoms with E-state index in [9.17, 15) is 4.79 Å². The van der Waals surface area contributed by atoms with Crippen LogP contribution in [0.3, 0.4) is 0 Å². The average molecular weight is 235 g/mol. The summed E-state index contributed by atoms with van der Waals surface area (Å²) in [5, 5.41) is 6.64. The molecule has 2 aromatic heterocycles. The van der Waals surface area contributed by atoms with Crippen molar-refractivity contribution in [3.63, 3.8) is 0 Å². The Kier molecular flexibility index (Phi) is 2.78. The molecule has 0 saturated carbocycles. The third-order valence-corrected chi connectivity index (χ3v) is 2.14. The van der Waals surface area contributed by atoms with E-state index in [0.29, 0.717) is 10.6 Å². The van der Waals surface area contributed by atoms with Crippen LogP contribution < -0.4 is 5.43 Å². The quantitative estimate of drug-likeness (QED) is 0.764. The number of aromatic amines is 1. The first-order valence-electron chi connectivity index (χ1n) is 4.54. The van der Waals surface area contributed by atoms with Gasteiger partial charge in [-0.25, -0.2) is 9.77 Å². The number of carbonyl (C=O) groups is 1. The molecule has 2 heterocycles. The van der Waals surface area contributed by atoms with Gasteiger partial charge in [-0.15, -0.1) is 0 Å². The Hall–Kier alpha value is -2.02. The molecule has 16 heavy (non-hydrogen) atoms. The van der Waals surface area contributed by atoms with Gasteiger partial charge in [0.15, 0.2) is 5.82 Å². The minimum absolute atomic E-state index is 0.220. The first-order valence-corrected chi connectivity index (χ1v) is 4.94. The van der Waals surface area contributed by atoms with Crippen molar-refractivity contribution in [1.82, 2.24) is 19.9 Å². The van der Waals surface area contributed by atoms with Crippen molar-refractivity contribution in [2.75, 3.05) is 5.43 Å². The number of hydrogen-bond acceptors (Lipinski definition) is 4.